The summed E-state index contributed by atoms with van der Waals surface area (Å²) < 4.78 is 15.2. The summed E-state index contributed by atoms with van der Waals surface area (Å²) in [5.41, 5.74) is 7.35. The summed E-state index contributed by atoms with van der Waals surface area (Å²) in [6, 6.07) is 1.14. The van der Waals surface area contributed by atoms with Gasteiger partial charge in [-0.1, -0.05) is 23.6 Å². The van der Waals surface area contributed by atoms with Crippen LogP contribution in [0.15, 0.2) is 12.1 Å². The average molecular weight is 400 g/mol. The zero-order valence-electron chi connectivity index (χ0n) is 15.6. The lowest BCUT2D eigenvalue weighted by Gasteiger charge is -2.32. The van der Waals surface area contributed by atoms with Gasteiger partial charge in [-0.15, -0.1) is 0 Å². The lowest BCUT2D eigenvalue weighted by Crippen LogP contribution is -2.39. The van der Waals surface area contributed by atoms with Crippen LogP contribution in [-0.2, 0) is 4.79 Å². The fourth-order valence-corrected chi connectivity index (χ4v) is 4.22. The number of halogens is 2. The van der Waals surface area contributed by atoms with Gasteiger partial charge < -0.3 is 15.6 Å². The van der Waals surface area contributed by atoms with Crippen LogP contribution in [0.5, 0.6) is 0 Å². The van der Waals surface area contributed by atoms with E-state index in [-0.39, 0.29) is 23.4 Å². The number of hydrogen-bond acceptors (Lipinski definition) is 2. The van der Waals surface area contributed by atoms with Gasteiger partial charge in [0.1, 0.15) is 5.82 Å². The van der Waals surface area contributed by atoms with Crippen molar-refractivity contribution in [3.8, 4) is 11.8 Å². The molecule has 2 heterocycles. The Balaban J connectivity index is 1.93. The number of H-pyrrole nitrogens is 1. The molecule has 1 fully saturated rings. The number of amides is 2. The van der Waals surface area contributed by atoms with Gasteiger partial charge in [0.2, 0.25) is 0 Å². The van der Waals surface area contributed by atoms with Crippen molar-refractivity contribution in [1.29, 1.82) is 0 Å². The first-order chi connectivity index (χ1) is 13.3. The third-order valence-corrected chi connectivity index (χ3v) is 5.96. The van der Waals surface area contributed by atoms with Gasteiger partial charge in [0.05, 0.1) is 16.1 Å². The molecule has 7 heteroatoms. The number of primary amides is 1. The van der Waals surface area contributed by atoms with Crippen molar-refractivity contribution in [1.82, 2.24) is 9.88 Å². The number of nitrogens with zero attached hydrogens (tertiary/aromatic N) is 1. The molecule has 0 radical (unpaired) electrons. The number of benzene rings is 1. The lowest BCUT2D eigenvalue weighted by atomic mass is 9.90. The molecule has 1 spiro atoms. The number of fused-ring (bicyclic) bond motifs is 1. The number of carbonyl (C=O) groups is 2. The highest BCUT2D eigenvalue weighted by atomic mass is 35.5. The van der Waals surface area contributed by atoms with Crippen LogP contribution in [0, 0.1) is 30.0 Å². The van der Waals surface area contributed by atoms with E-state index in [1.807, 2.05) is 0 Å². The Kier molecular flexibility index (Phi) is 4.24. The van der Waals surface area contributed by atoms with Crippen molar-refractivity contribution in [3.63, 3.8) is 0 Å². The fourth-order valence-electron chi connectivity index (χ4n) is 3.98. The molecule has 3 N–H and O–H groups in total. The molecule has 1 aliphatic carbocycles. The summed E-state index contributed by atoms with van der Waals surface area (Å²) in [4.78, 5) is 28.9. The molecular formula is C21H19ClFN3O2. The maximum Gasteiger partial charge on any atom is 0.298 e. The van der Waals surface area contributed by atoms with Crippen LogP contribution < -0.4 is 5.73 Å². The van der Waals surface area contributed by atoms with E-state index >= 15 is 4.39 Å². The first-order valence-electron chi connectivity index (χ1n) is 9.00. The molecule has 1 saturated carbocycles. The van der Waals surface area contributed by atoms with Crippen LogP contribution in [0.2, 0.25) is 5.02 Å². The number of aromatic nitrogens is 1. The van der Waals surface area contributed by atoms with E-state index in [0.29, 0.717) is 39.3 Å². The topological polar surface area (TPSA) is 79.2 Å². The van der Waals surface area contributed by atoms with Crippen LogP contribution in [0.4, 0.5) is 4.39 Å². The van der Waals surface area contributed by atoms with E-state index in [1.165, 1.54) is 0 Å². The quantitative estimate of drug-likeness (QED) is 0.759. The van der Waals surface area contributed by atoms with Crippen molar-refractivity contribution in [3.05, 3.63) is 39.8 Å². The van der Waals surface area contributed by atoms with Gasteiger partial charge in [-0.3, -0.25) is 9.59 Å². The second kappa shape index (κ2) is 6.39. The predicted octanol–water partition coefficient (Wildman–Crippen LogP) is 3.40. The van der Waals surface area contributed by atoms with E-state index in [0.717, 1.165) is 18.9 Å². The smallest absolute Gasteiger partial charge is 0.298 e. The Morgan fingerprint density at radius 2 is 2.11 bits per heavy atom. The van der Waals surface area contributed by atoms with Gasteiger partial charge in [0, 0.05) is 35.1 Å². The Morgan fingerprint density at radius 3 is 2.71 bits per heavy atom. The maximum absolute atomic E-state index is 15.2. The Hall–Kier alpha value is -2.78. The minimum absolute atomic E-state index is 0.0496. The van der Waals surface area contributed by atoms with Crippen LogP contribution in [0.25, 0.3) is 16.5 Å². The minimum Gasteiger partial charge on any atom is -0.366 e. The van der Waals surface area contributed by atoms with E-state index in [9.17, 15) is 9.59 Å². The van der Waals surface area contributed by atoms with Gasteiger partial charge in [-0.2, -0.15) is 0 Å². The zero-order chi connectivity index (χ0) is 20.2. The van der Waals surface area contributed by atoms with Crippen LogP contribution in [0.3, 0.4) is 0 Å². The molecule has 144 valence electrons. The molecule has 0 bridgehead atoms. The lowest BCUT2D eigenvalue weighted by molar-refractivity contribution is -0.125. The van der Waals surface area contributed by atoms with E-state index in [1.54, 1.807) is 18.7 Å². The average Bonchev–Trinajstić information content (AvgIpc) is 3.31. The maximum atomic E-state index is 15.2. The molecule has 2 aliphatic rings. The fraction of sp³-hybridized carbons (Fsp3) is 0.333. The molecule has 0 atom stereocenters. The highest BCUT2D eigenvalue weighted by Crippen LogP contribution is 2.52. The SMILES string of the molecule is CC#CC(=O)N1CC(c2c(F)cc(C(N)=O)c3[nH]c(C)c(Cl)c23)=CC2(CC2)C1. The summed E-state index contributed by atoms with van der Waals surface area (Å²) in [6.07, 6.45) is 3.92. The normalized spacial score (nSPS) is 17.3. The van der Waals surface area contributed by atoms with Crippen molar-refractivity contribution in [2.24, 2.45) is 11.1 Å². The highest BCUT2D eigenvalue weighted by molar-refractivity contribution is 6.37. The van der Waals surface area contributed by atoms with E-state index in [2.05, 4.69) is 22.9 Å². The van der Waals surface area contributed by atoms with Crippen LogP contribution >= 0.6 is 11.6 Å². The van der Waals surface area contributed by atoms with E-state index < -0.39 is 11.7 Å². The number of carbonyl (C=O) groups excluding carboxylic acids is 2. The second-order valence-corrected chi connectivity index (χ2v) is 7.91. The zero-order valence-corrected chi connectivity index (χ0v) is 16.3. The third-order valence-electron chi connectivity index (χ3n) is 5.49. The number of rotatable bonds is 2. The van der Waals surface area contributed by atoms with Crippen molar-refractivity contribution in [2.45, 2.75) is 26.7 Å². The van der Waals surface area contributed by atoms with Crippen LogP contribution in [-0.4, -0.2) is 34.8 Å². The number of aromatic amines is 1. The van der Waals surface area contributed by atoms with Gasteiger partial charge in [-0.05, 0) is 44.2 Å². The summed E-state index contributed by atoms with van der Waals surface area (Å²) in [7, 11) is 0. The molecule has 1 aliphatic heterocycles. The first kappa shape index (κ1) is 18.6. The molecular weight excluding hydrogens is 381 g/mol. The molecule has 2 amide bonds. The van der Waals surface area contributed by atoms with Gasteiger partial charge >= 0.3 is 0 Å². The highest BCUT2D eigenvalue weighted by Gasteiger charge is 2.46. The van der Waals surface area contributed by atoms with Crippen molar-refractivity contribution >= 4 is 39.9 Å². The summed E-state index contributed by atoms with van der Waals surface area (Å²) in [6.45, 7) is 4.17. The molecule has 4 rings (SSSR count). The number of aryl methyl sites for hydroxylation is 1. The first-order valence-corrected chi connectivity index (χ1v) is 9.38. The molecule has 1 aromatic heterocycles. The second-order valence-electron chi connectivity index (χ2n) is 7.53. The van der Waals surface area contributed by atoms with Gasteiger partial charge in [0.15, 0.2) is 0 Å². The Bertz CT molecular complexity index is 1130. The third kappa shape index (κ3) is 2.87. The largest absolute Gasteiger partial charge is 0.366 e. The minimum atomic E-state index is -0.736. The van der Waals surface area contributed by atoms with Gasteiger partial charge in [0.25, 0.3) is 11.8 Å². The molecule has 28 heavy (non-hydrogen) atoms. The molecule has 0 saturated heterocycles. The molecule has 1 aromatic carbocycles. The number of nitrogens with two attached hydrogens (primary N) is 1. The van der Waals surface area contributed by atoms with Crippen molar-refractivity contribution < 1.29 is 14.0 Å². The Labute approximate surface area is 166 Å². The molecule has 5 nitrogen and oxygen atoms in total. The number of hydrogen-bond donors (Lipinski definition) is 2. The van der Waals surface area contributed by atoms with Gasteiger partial charge in [-0.25, -0.2) is 4.39 Å². The number of nitrogens with one attached hydrogen (secondary N) is 1. The monoisotopic (exact) mass is 399 g/mol. The van der Waals surface area contributed by atoms with Crippen LogP contribution in [0.1, 0.15) is 41.4 Å². The summed E-state index contributed by atoms with van der Waals surface area (Å²) in [5.74, 6) is 3.60. The molecule has 0 unspecified atom stereocenters. The predicted molar refractivity (Wildman–Crippen MR) is 106 cm³/mol. The van der Waals surface area contributed by atoms with Crippen molar-refractivity contribution in [2.75, 3.05) is 13.1 Å². The Morgan fingerprint density at radius 1 is 1.39 bits per heavy atom. The summed E-state index contributed by atoms with van der Waals surface area (Å²) in [5, 5.41) is 0.764. The summed E-state index contributed by atoms with van der Waals surface area (Å²) >= 11 is 6.47. The van der Waals surface area contributed by atoms with E-state index in [4.69, 9.17) is 17.3 Å². The molecule has 2 aromatic rings. The standard InChI is InChI=1S/C21H19ClFN3O2/c1-3-4-15(27)26-9-12(8-21(10-26)5-6-21)16-14(23)7-13(20(24)28)19-17(16)18(22)11(2)25-19/h7-8,25H,5-6,9-10H2,1-2H3,(H2,24,28).